The molecule has 0 aliphatic carbocycles. The number of hydrogen-bond acceptors (Lipinski definition) is 2. The van der Waals surface area contributed by atoms with Crippen molar-refractivity contribution in [2.24, 2.45) is 0 Å². The molecule has 15 heavy (non-hydrogen) atoms. The highest BCUT2D eigenvalue weighted by molar-refractivity contribution is 6.42. The van der Waals surface area contributed by atoms with Gasteiger partial charge in [0.15, 0.2) is 11.9 Å². The van der Waals surface area contributed by atoms with E-state index in [9.17, 15) is 4.79 Å². The fourth-order valence-electron chi connectivity index (χ4n) is 0.940. The molecule has 0 radical (unpaired) electrons. The van der Waals surface area contributed by atoms with Gasteiger partial charge in [0.25, 0.3) is 0 Å². The van der Waals surface area contributed by atoms with E-state index in [1.807, 2.05) is 0 Å². The van der Waals surface area contributed by atoms with Crippen molar-refractivity contribution in [3.63, 3.8) is 0 Å². The molecule has 1 atom stereocenters. The molecule has 0 fully saturated rings. The number of Topliss-reactive ketones (excluding diaryl/α,β-unsaturated/α-hetero) is 1. The molecule has 1 unspecified atom stereocenters. The maximum Gasteiger partial charge on any atom is 0.187 e. The standard InChI is InChI=1S/C10H9Cl3O2/c1-6(8(14)5-11)15-9-4-2-3-7(12)10(9)13/h2-4,6H,5H2,1H3. The molecule has 1 rings (SSSR count). The molecule has 0 spiro atoms. The van der Waals surface area contributed by atoms with Crippen LogP contribution in [0.5, 0.6) is 5.75 Å². The number of halogens is 3. The van der Waals surface area contributed by atoms with Crippen LogP contribution in [0, 0.1) is 0 Å². The molecule has 0 aliphatic heterocycles. The second-order valence-electron chi connectivity index (χ2n) is 2.91. The van der Waals surface area contributed by atoms with Crippen molar-refractivity contribution in [2.45, 2.75) is 13.0 Å². The van der Waals surface area contributed by atoms with Crippen LogP contribution < -0.4 is 4.74 Å². The minimum Gasteiger partial charge on any atom is -0.481 e. The third-order valence-corrected chi connectivity index (χ3v) is 2.87. The second-order valence-corrected chi connectivity index (χ2v) is 3.96. The third-order valence-electron chi connectivity index (χ3n) is 1.81. The maximum absolute atomic E-state index is 11.2. The van der Waals surface area contributed by atoms with Gasteiger partial charge in [0.1, 0.15) is 10.8 Å². The largest absolute Gasteiger partial charge is 0.481 e. The summed E-state index contributed by atoms with van der Waals surface area (Å²) in [5, 5.41) is 0.688. The second kappa shape index (κ2) is 5.59. The highest BCUT2D eigenvalue weighted by Crippen LogP contribution is 2.32. The van der Waals surface area contributed by atoms with Gasteiger partial charge in [0.2, 0.25) is 0 Å². The van der Waals surface area contributed by atoms with Crippen molar-refractivity contribution >= 4 is 40.6 Å². The van der Waals surface area contributed by atoms with Gasteiger partial charge < -0.3 is 4.74 Å². The molecule has 1 aromatic carbocycles. The number of carbonyl (C=O) groups excluding carboxylic acids is 1. The van der Waals surface area contributed by atoms with Gasteiger partial charge in [-0.05, 0) is 19.1 Å². The van der Waals surface area contributed by atoms with Gasteiger partial charge in [-0.15, -0.1) is 11.6 Å². The van der Waals surface area contributed by atoms with Crippen LogP contribution in [0.3, 0.4) is 0 Å². The molecule has 0 saturated heterocycles. The van der Waals surface area contributed by atoms with Crippen molar-refractivity contribution in [2.75, 3.05) is 5.88 Å². The summed E-state index contributed by atoms with van der Waals surface area (Å²) in [6, 6.07) is 4.98. The lowest BCUT2D eigenvalue weighted by atomic mass is 10.3. The Morgan fingerprint density at radius 2 is 2.13 bits per heavy atom. The fraction of sp³-hybridized carbons (Fsp3) is 0.300. The molecule has 0 aliphatic rings. The molecule has 0 heterocycles. The zero-order valence-electron chi connectivity index (χ0n) is 7.97. The first kappa shape index (κ1) is 12.6. The summed E-state index contributed by atoms with van der Waals surface area (Å²) in [6.07, 6.45) is -0.626. The van der Waals surface area contributed by atoms with Crippen molar-refractivity contribution in [3.8, 4) is 5.75 Å². The first-order valence-electron chi connectivity index (χ1n) is 4.25. The molecule has 0 saturated carbocycles. The van der Waals surface area contributed by atoms with Crippen LogP contribution in [-0.4, -0.2) is 17.8 Å². The number of carbonyl (C=O) groups is 1. The lowest BCUT2D eigenvalue weighted by Gasteiger charge is -2.13. The molecule has 0 N–H and O–H groups in total. The summed E-state index contributed by atoms with van der Waals surface area (Å²) < 4.78 is 5.33. The van der Waals surface area contributed by atoms with Gasteiger partial charge in [0.05, 0.1) is 10.9 Å². The number of hydrogen-bond donors (Lipinski definition) is 0. The SMILES string of the molecule is CC(Oc1cccc(Cl)c1Cl)C(=O)CCl. The predicted octanol–water partition coefficient (Wildman–Crippen LogP) is 3.57. The Labute approximate surface area is 103 Å². The average molecular weight is 268 g/mol. The Hall–Kier alpha value is -0.440. The van der Waals surface area contributed by atoms with E-state index in [0.717, 1.165) is 0 Å². The maximum atomic E-state index is 11.2. The van der Waals surface area contributed by atoms with Gasteiger partial charge in [-0.1, -0.05) is 29.3 Å². The summed E-state index contributed by atoms with van der Waals surface area (Å²) in [6.45, 7) is 1.61. The fourth-order valence-corrected chi connectivity index (χ4v) is 1.49. The summed E-state index contributed by atoms with van der Waals surface area (Å²) in [4.78, 5) is 11.2. The number of ether oxygens (including phenoxy) is 1. The van der Waals surface area contributed by atoms with E-state index in [0.29, 0.717) is 15.8 Å². The Morgan fingerprint density at radius 3 is 2.73 bits per heavy atom. The van der Waals surface area contributed by atoms with E-state index < -0.39 is 6.10 Å². The van der Waals surface area contributed by atoms with E-state index in [1.165, 1.54) is 0 Å². The highest BCUT2D eigenvalue weighted by Gasteiger charge is 2.15. The molecule has 1 aromatic rings. The number of alkyl halides is 1. The van der Waals surface area contributed by atoms with E-state index in [4.69, 9.17) is 39.5 Å². The lowest BCUT2D eigenvalue weighted by molar-refractivity contribution is -0.122. The Bertz CT molecular complexity index is 366. The van der Waals surface area contributed by atoms with Gasteiger partial charge in [-0.3, -0.25) is 4.79 Å². The van der Waals surface area contributed by atoms with Crippen molar-refractivity contribution in [3.05, 3.63) is 28.2 Å². The van der Waals surface area contributed by atoms with E-state index in [1.54, 1.807) is 25.1 Å². The molecular weight excluding hydrogens is 258 g/mol. The molecule has 82 valence electrons. The topological polar surface area (TPSA) is 26.3 Å². The molecule has 2 nitrogen and oxygen atoms in total. The van der Waals surface area contributed by atoms with Crippen LogP contribution in [-0.2, 0) is 4.79 Å². The molecule has 0 bridgehead atoms. The summed E-state index contributed by atoms with van der Waals surface area (Å²) in [7, 11) is 0. The summed E-state index contributed by atoms with van der Waals surface area (Å²) in [5.41, 5.74) is 0. The summed E-state index contributed by atoms with van der Waals surface area (Å²) in [5.74, 6) is 0.0992. The number of ketones is 1. The average Bonchev–Trinajstić information content (AvgIpc) is 2.23. The smallest absolute Gasteiger partial charge is 0.187 e. The van der Waals surface area contributed by atoms with Gasteiger partial charge in [0, 0.05) is 0 Å². The minimum atomic E-state index is -0.626. The Balaban J connectivity index is 2.81. The predicted molar refractivity (Wildman–Crippen MR) is 62.3 cm³/mol. The van der Waals surface area contributed by atoms with Crippen LogP contribution in [0.4, 0.5) is 0 Å². The first-order valence-corrected chi connectivity index (χ1v) is 5.54. The number of rotatable bonds is 4. The van der Waals surface area contributed by atoms with Gasteiger partial charge in [-0.25, -0.2) is 0 Å². The van der Waals surface area contributed by atoms with Crippen molar-refractivity contribution < 1.29 is 9.53 Å². The van der Waals surface area contributed by atoms with Gasteiger partial charge >= 0.3 is 0 Å². The quantitative estimate of drug-likeness (QED) is 0.780. The molecule has 5 heteroatoms. The van der Waals surface area contributed by atoms with Crippen LogP contribution in [0.2, 0.25) is 10.0 Å². The molecule has 0 aromatic heterocycles. The van der Waals surface area contributed by atoms with Gasteiger partial charge in [-0.2, -0.15) is 0 Å². The van der Waals surface area contributed by atoms with Crippen molar-refractivity contribution in [1.29, 1.82) is 0 Å². The lowest BCUT2D eigenvalue weighted by Crippen LogP contribution is -2.24. The van der Waals surface area contributed by atoms with Crippen LogP contribution in [0.15, 0.2) is 18.2 Å². The van der Waals surface area contributed by atoms with E-state index in [-0.39, 0.29) is 11.7 Å². The minimum absolute atomic E-state index is 0.0840. The number of benzene rings is 1. The zero-order chi connectivity index (χ0) is 11.4. The van der Waals surface area contributed by atoms with Crippen LogP contribution in [0.25, 0.3) is 0 Å². The molecule has 0 amide bonds. The Morgan fingerprint density at radius 1 is 1.47 bits per heavy atom. The monoisotopic (exact) mass is 266 g/mol. The zero-order valence-corrected chi connectivity index (χ0v) is 10.2. The highest BCUT2D eigenvalue weighted by atomic mass is 35.5. The van der Waals surface area contributed by atoms with E-state index >= 15 is 0 Å². The third kappa shape index (κ3) is 3.26. The first-order chi connectivity index (χ1) is 7.06. The molecular formula is C10H9Cl3O2. The summed E-state index contributed by atoms with van der Waals surface area (Å²) >= 11 is 17.1. The normalized spacial score (nSPS) is 12.3. The van der Waals surface area contributed by atoms with Crippen molar-refractivity contribution in [1.82, 2.24) is 0 Å². The van der Waals surface area contributed by atoms with Crippen LogP contribution >= 0.6 is 34.8 Å². The van der Waals surface area contributed by atoms with Crippen LogP contribution in [0.1, 0.15) is 6.92 Å². The van der Waals surface area contributed by atoms with E-state index in [2.05, 4.69) is 0 Å². The Kier molecular flexibility index (Phi) is 4.71.